The molecule has 2 atom stereocenters. The maximum atomic E-state index is 12.0. The van der Waals surface area contributed by atoms with Crippen LogP contribution in [0.25, 0.3) is 0 Å². The van der Waals surface area contributed by atoms with Crippen LogP contribution in [0.3, 0.4) is 0 Å². The van der Waals surface area contributed by atoms with Gasteiger partial charge >= 0.3 is 11.9 Å². The third-order valence-corrected chi connectivity index (χ3v) is 6.51. The molecule has 2 unspecified atom stereocenters. The van der Waals surface area contributed by atoms with Crippen molar-refractivity contribution in [3.05, 3.63) is 12.2 Å². The lowest BCUT2D eigenvalue weighted by Crippen LogP contribution is -2.44. The molecule has 0 radical (unpaired) electrons. The maximum absolute atomic E-state index is 12.0. The molecular weight excluding hydrogens is 369 g/mol. The lowest BCUT2D eigenvalue weighted by atomic mass is 9.83. The first kappa shape index (κ1) is 13.6. The third kappa shape index (κ3) is 0.914. The van der Waals surface area contributed by atoms with E-state index in [2.05, 4.69) is 4.74 Å². The van der Waals surface area contributed by atoms with Crippen molar-refractivity contribution in [3.8, 4) is 0 Å². The quantitative estimate of drug-likeness (QED) is 0.285. The summed E-state index contributed by atoms with van der Waals surface area (Å²) in [4.78, 5) is 23.9. The van der Waals surface area contributed by atoms with Gasteiger partial charge < -0.3 is 4.74 Å². The first-order chi connectivity index (χ1) is 8.01. The minimum Gasteiger partial charge on any atom is -0.392 e. The van der Waals surface area contributed by atoms with Crippen LogP contribution in [0.15, 0.2) is 12.2 Å². The summed E-state index contributed by atoms with van der Waals surface area (Å²) in [5.41, 5.74) is -3.82. The Balaban J connectivity index is 2.42. The fraction of sp³-hybridized carbons (Fsp3) is 0.556. The van der Waals surface area contributed by atoms with Crippen molar-refractivity contribution in [2.75, 3.05) is 0 Å². The summed E-state index contributed by atoms with van der Waals surface area (Å²) in [6.07, 6.45) is 2.36. The van der Waals surface area contributed by atoms with Gasteiger partial charge in [-0.25, -0.2) is 0 Å². The second-order valence-corrected chi connectivity index (χ2v) is 8.43. The van der Waals surface area contributed by atoms with Crippen LogP contribution in [0.2, 0.25) is 0 Å². The van der Waals surface area contributed by atoms with Crippen LogP contribution in [0, 0.1) is 10.8 Å². The van der Waals surface area contributed by atoms with Crippen LogP contribution in [-0.2, 0) is 14.3 Å². The standard InChI is InChI=1S/C9H2Cl6O3/c10-5(11)1-2-6(12,13)8-4(17)18-3(16)7(5,8)9(8,14)15/h1-2H. The van der Waals surface area contributed by atoms with Gasteiger partial charge in [0.05, 0.1) is 0 Å². The Morgan fingerprint density at radius 1 is 0.778 bits per heavy atom. The molecule has 3 rings (SSSR count). The van der Waals surface area contributed by atoms with Crippen LogP contribution in [0.4, 0.5) is 0 Å². The van der Waals surface area contributed by atoms with Gasteiger partial charge in [-0.2, -0.15) is 0 Å². The van der Waals surface area contributed by atoms with Crippen molar-refractivity contribution in [1.82, 2.24) is 0 Å². The average Bonchev–Trinajstić information content (AvgIpc) is 2.55. The van der Waals surface area contributed by atoms with Crippen molar-refractivity contribution in [1.29, 1.82) is 0 Å². The van der Waals surface area contributed by atoms with Gasteiger partial charge in [0.2, 0.25) is 0 Å². The number of hydrogen-bond donors (Lipinski definition) is 0. The minimum absolute atomic E-state index is 1.03. The Hall–Kier alpha value is 0.620. The largest absolute Gasteiger partial charge is 0.392 e. The first-order valence-electron chi connectivity index (χ1n) is 4.61. The second kappa shape index (κ2) is 3.10. The lowest BCUT2D eigenvalue weighted by molar-refractivity contribution is -0.158. The summed E-state index contributed by atoms with van der Waals surface area (Å²) in [6.45, 7) is 0. The molecule has 1 saturated heterocycles. The van der Waals surface area contributed by atoms with E-state index in [1.807, 2.05) is 0 Å². The predicted molar refractivity (Wildman–Crippen MR) is 68.4 cm³/mol. The summed E-state index contributed by atoms with van der Waals surface area (Å²) < 4.78 is -1.09. The van der Waals surface area contributed by atoms with E-state index in [0.717, 1.165) is 0 Å². The molecule has 0 bridgehead atoms. The van der Waals surface area contributed by atoms with Crippen LogP contribution >= 0.6 is 69.6 Å². The molecule has 0 amide bonds. The Bertz CT molecular complexity index is 494. The van der Waals surface area contributed by atoms with Crippen molar-refractivity contribution < 1.29 is 14.3 Å². The molecule has 0 spiro atoms. The number of carbonyl (C=O) groups excluding carboxylic acids is 2. The van der Waals surface area contributed by atoms with Gasteiger partial charge in [-0.3, -0.25) is 9.59 Å². The van der Waals surface area contributed by atoms with Gasteiger partial charge in [-0.1, -0.05) is 69.6 Å². The third-order valence-electron chi connectivity index (χ3n) is 3.74. The summed E-state index contributed by atoms with van der Waals surface area (Å²) in [7, 11) is 0. The molecule has 0 aromatic rings. The number of halogens is 6. The molecule has 1 heterocycles. The molecule has 0 aromatic heterocycles. The number of carbonyl (C=O) groups is 2. The predicted octanol–water partition coefficient (Wildman–Crippen LogP) is 3.15. The molecule has 1 saturated carbocycles. The Kier molecular flexibility index (Phi) is 2.34. The average molecular weight is 371 g/mol. The van der Waals surface area contributed by atoms with Crippen LogP contribution < -0.4 is 0 Å². The van der Waals surface area contributed by atoms with Gasteiger partial charge in [-0.15, -0.1) is 0 Å². The van der Waals surface area contributed by atoms with E-state index < -0.39 is 35.8 Å². The zero-order chi connectivity index (χ0) is 13.8. The van der Waals surface area contributed by atoms with Crippen LogP contribution in [0.1, 0.15) is 0 Å². The molecular formula is C9H2Cl6O3. The molecule has 0 N–H and O–H groups in total. The highest BCUT2D eigenvalue weighted by Gasteiger charge is 3.08. The van der Waals surface area contributed by atoms with Crippen molar-refractivity contribution in [2.45, 2.75) is 13.0 Å². The summed E-state index contributed by atoms with van der Waals surface area (Å²) in [6, 6.07) is 0. The summed E-state index contributed by atoms with van der Waals surface area (Å²) in [5.74, 6) is -2.06. The molecule has 98 valence electrons. The lowest BCUT2D eigenvalue weighted by Gasteiger charge is -2.32. The molecule has 3 aliphatic rings. The monoisotopic (exact) mass is 368 g/mol. The second-order valence-electron chi connectivity index (χ2n) is 4.33. The van der Waals surface area contributed by atoms with Crippen molar-refractivity contribution in [2.24, 2.45) is 10.8 Å². The van der Waals surface area contributed by atoms with E-state index in [4.69, 9.17) is 69.6 Å². The van der Waals surface area contributed by atoms with Crippen molar-refractivity contribution in [3.63, 3.8) is 0 Å². The SMILES string of the molecule is O=C1OC(=O)C23C(Cl)(Cl)C=CC(Cl)(Cl)C12C3(Cl)Cl. The number of hydrogen-bond acceptors (Lipinski definition) is 3. The van der Waals surface area contributed by atoms with Gasteiger partial charge in [0.25, 0.3) is 0 Å². The molecule has 3 nitrogen and oxygen atoms in total. The first-order valence-corrected chi connectivity index (χ1v) is 6.88. The maximum Gasteiger partial charge on any atom is 0.327 e. The van der Waals surface area contributed by atoms with Crippen LogP contribution in [-0.4, -0.2) is 24.9 Å². The number of esters is 2. The highest BCUT2D eigenvalue weighted by molar-refractivity contribution is 6.66. The van der Waals surface area contributed by atoms with E-state index in [-0.39, 0.29) is 0 Å². The number of ether oxygens (including phenoxy) is 1. The molecule has 9 heteroatoms. The van der Waals surface area contributed by atoms with Gasteiger partial charge in [0.15, 0.2) is 23.8 Å². The van der Waals surface area contributed by atoms with Crippen LogP contribution in [0.5, 0.6) is 0 Å². The smallest absolute Gasteiger partial charge is 0.327 e. The van der Waals surface area contributed by atoms with E-state index in [1.165, 1.54) is 12.2 Å². The Morgan fingerprint density at radius 2 is 1.11 bits per heavy atom. The minimum atomic E-state index is -1.94. The Labute approximate surface area is 131 Å². The Morgan fingerprint density at radius 3 is 1.44 bits per heavy atom. The molecule has 2 fully saturated rings. The zero-order valence-corrected chi connectivity index (χ0v) is 12.7. The molecule has 2 aliphatic carbocycles. The molecule has 0 aromatic carbocycles. The number of cyclic esters (lactones) is 2. The normalized spacial score (nSPS) is 45.2. The number of allylic oxidation sites excluding steroid dienone is 2. The fourth-order valence-corrected chi connectivity index (χ4v) is 6.39. The number of alkyl halides is 6. The van der Waals surface area contributed by atoms with Gasteiger partial charge in [-0.05, 0) is 12.2 Å². The summed E-state index contributed by atoms with van der Waals surface area (Å²) >= 11 is 36.4. The number of rotatable bonds is 0. The van der Waals surface area contributed by atoms with E-state index >= 15 is 0 Å². The van der Waals surface area contributed by atoms with E-state index in [0.29, 0.717) is 0 Å². The topological polar surface area (TPSA) is 43.4 Å². The summed E-state index contributed by atoms with van der Waals surface area (Å²) in [5, 5.41) is 0. The van der Waals surface area contributed by atoms with Gasteiger partial charge in [0.1, 0.15) is 0 Å². The molecule has 1 aliphatic heterocycles. The van der Waals surface area contributed by atoms with E-state index in [1.54, 1.807) is 0 Å². The molecule has 18 heavy (non-hydrogen) atoms. The highest BCUT2D eigenvalue weighted by atomic mass is 35.5. The fourth-order valence-electron chi connectivity index (χ4n) is 2.94. The van der Waals surface area contributed by atoms with Gasteiger partial charge in [0, 0.05) is 0 Å². The van der Waals surface area contributed by atoms with Crippen molar-refractivity contribution >= 4 is 81.5 Å². The zero-order valence-electron chi connectivity index (χ0n) is 8.15. The highest BCUT2D eigenvalue weighted by Crippen LogP contribution is 2.92. The van der Waals surface area contributed by atoms with E-state index in [9.17, 15) is 9.59 Å².